The highest BCUT2D eigenvalue weighted by atomic mass is 16.5. The zero-order chi connectivity index (χ0) is 22.5. The van der Waals surface area contributed by atoms with E-state index in [9.17, 15) is 0 Å². The second-order valence-corrected chi connectivity index (χ2v) is 8.94. The number of allylic oxidation sites excluding steroid dienone is 1. The number of hydrogen-bond acceptors (Lipinski definition) is 6. The second-order valence-electron chi connectivity index (χ2n) is 8.94. The number of pyridine rings is 1. The van der Waals surface area contributed by atoms with Crippen LogP contribution in [-0.4, -0.2) is 28.8 Å². The molecule has 6 heteroatoms. The van der Waals surface area contributed by atoms with Crippen molar-refractivity contribution >= 4 is 5.82 Å². The van der Waals surface area contributed by atoms with Crippen molar-refractivity contribution in [2.45, 2.75) is 33.6 Å². The van der Waals surface area contributed by atoms with Crippen LogP contribution in [-0.2, 0) is 6.42 Å². The standard InChI is InChI=1S/C26H32N4O2/c1-17(2)23-14-20(18(3)13-21(23)16-28-24-7-5-6-12-27-24)15-25-29-30-26(32-25)19-8-10-22(31-4)11-9-19/h5-13,17,20-21,23H,14-16H2,1-4H3,(H,27,28)/t20-,21-,23-/m0/s1. The Morgan fingerprint density at radius 2 is 1.94 bits per heavy atom. The monoisotopic (exact) mass is 432 g/mol. The predicted octanol–water partition coefficient (Wildman–Crippen LogP) is 5.65. The Labute approximate surface area is 190 Å². The van der Waals surface area contributed by atoms with Gasteiger partial charge in [-0.1, -0.05) is 31.6 Å². The first kappa shape index (κ1) is 22.1. The van der Waals surface area contributed by atoms with Crippen molar-refractivity contribution in [2.75, 3.05) is 19.0 Å². The molecule has 0 fully saturated rings. The molecule has 2 aromatic heterocycles. The molecule has 0 unspecified atom stereocenters. The lowest BCUT2D eigenvalue weighted by Crippen LogP contribution is -2.32. The minimum Gasteiger partial charge on any atom is -0.497 e. The Bertz CT molecular complexity index is 1030. The molecule has 0 aliphatic heterocycles. The SMILES string of the molecule is COc1ccc(-c2nnc(C[C@@H]3C[C@@H](C(C)C)[C@H](CNc4ccccn4)C=C3C)o2)cc1. The van der Waals surface area contributed by atoms with Crippen molar-refractivity contribution < 1.29 is 9.15 Å². The smallest absolute Gasteiger partial charge is 0.247 e. The molecule has 6 nitrogen and oxygen atoms in total. The molecule has 0 amide bonds. The van der Waals surface area contributed by atoms with E-state index in [0.717, 1.165) is 36.5 Å². The average molecular weight is 433 g/mol. The van der Waals surface area contributed by atoms with Gasteiger partial charge in [0.15, 0.2) is 0 Å². The maximum Gasteiger partial charge on any atom is 0.247 e. The molecule has 1 N–H and O–H groups in total. The summed E-state index contributed by atoms with van der Waals surface area (Å²) in [6.45, 7) is 7.76. The van der Waals surface area contributed by atoms with Gasteiger partial charge in [-0.25, -0.2) is 4.98 Å². The van der Waals surface area contributed by atoms with Crippen LogP contribution >= 0.6 is 0 Å². The molecule has 0 radical (unpaired) electrons. The normalized spacial score (nSPS) is 20.8. The van der Waals surface area contributed by atoms with Gasteiger partial charge < -0.3 is 14.5 Å². The predicted molar refractivity (Wildman–Crippen MR) is 126 cm³/mol. The van der Waals surface area contributed by atoms with Gasteiger partial charge in [0.1, 0.15) is 11.6 Å². The Balaban J connectivity index is 1.44. The molecule has 3 aromatic rings. The van der Waals surface area contributed by atoms with E-state index < -0.39 is 0 Å². The lowest BCUT2D eigenvalue weighted by Gasteiger charge is -2.37. The molecule has 168 valence electrons. The van der Waals surface area contributed by atoms with Crippen molar-refractivity contribution in [3.05, 3.63) is 66.2 Å². The van der Waals surface area contributed by atoms with Crippen LogP contribution in [0.2, 0.25) is 0 Å². The number of rotatable bonds is 8. The molecule has 4 rings (SSSR count). The molecule has 3 atom stereocenters. The molecule has 0 bridgehead atoms. The summed E-state index contributed by atoms with van der Waals surface area (Å²) in [6.07, 6.45) is 6.16. The van der Waals surface area contributed by atoms with Crippen molar-refractivity contribution in [3.63, 3.8) is 0 Å². The van der Waals surface area contributed by atoms with E-state index in [4.69, 9.17) is 9.15 Å². The summed E-state index contributed by atoms with van der Waals surface area (Å²) in [7, 11) is 1.66. The van der Waals surface area contributed by atoms with E-state index in [1.54, 1.807) is 7.11 Å². The van der Waals surface area contributed by atoms with Gasteiger partial charge in [-0.2, -0.15) is 0 Å². The van der Waals surface area contributed by atoms with Gasteiger partial charge in [0.05, 0.1) is 7.11 Å². The number of aromatic nitrogens is 3. The van der Waals surface area contributed by atoms with Crippen LogP contribution in [0.25, 0.3) is 11.5 Å². The lowest BCUT2D eigenvalue weighted by molar-refractivity contribution is 0.229. The average Bonchev–Trinajstić information content (AvgIpc) is 3.28. The second kappa shape index (κ2) is 9.98. The molecule has 0 spiro atoms. The molecule has 1 aliphatic carbocycles. The molecule has 1 aliphatic rings. The van der Waals surface area contributed by atoms with Crippen LogP contribution in [0.4, 0.5) is 5.82 Å². The summed E-state index contributed by atoms with van der Waals surface area (Å²) in [5.74, 6) is 5.06. The van der Waals surface area contributed by atoms with Gasteiger partial charge in [-0.05, 0) is 73.4 Å². The Morgan fingerprint density at radius 3 is 2.62 bits per heavy atom. The van der Waals surface area contributed by atoms with Gasteiger partial charge in [0.25, 0.3) is 0 Å². The minimum atomic E-state index is 0.415. The van der Waals surface area contributed by atoms with Gasteiger partial charge in [0, 0.05) is 24.7 Å². The molecule has 1 aromatic carbocycles. The van der Waals surface area contributed by atoms with Gasteiger partial charge in [-0.3, -0.25) is 0 Å². The summed E-state index contributed by atoms with van der Waals surface area (Å²) in [6, 6.07) is 13.7. The van der Waals surface area contributed by atoms with Gasteiger partial charge in [-0.15, -0.1) is 10.2 Å². The number of nitrogens with zero attached hydrogens (tertiary/aromatic N) is 3. The number of methoxy groups -OCH3 is 1. The summed E-state index contributed by atoms with van der Waals surface area (Å²) < 4.78 is 11.2. The molecule has 2 heterocycles. The van der Waals surface area contributed by atoms with Gasteiger partial charge in [0.2, 0.25) is 11.8 Å². The third-order valence-corrected chi connectivity index (χ3v) is 6.49. The fourth-order valence-corrected chi connectivity index (χ4v) is 4.59. The van der Waals surface area contributed by atoms with E-state index in [-0.39, 0.29) is 0 Å². The highest BCUT2D eigenvalue weighted by Gasteiger charge is 2.32. The van der Waals surface area contributed by atoms with Crippen LogP contribution in [0.15, 0.2) is 64.7 Å². The quantitative estimate of drug-likeness (QED) is 0.464. The zero-order valence-corrected chi connectivity index (χ0v) is 19.3. The van der Waals surface area contributed by atoms with Crippen LogP contribution in [0.5, 0.6) is 5.75 Å². The van der Waals surface area contributed by atoms with E-state index in [1.807, 2.05) is 48.7 Å². The van der Waals surface area contributed by atoms with Crippen molar-refractivity contribution in [3.8, 4) is 17.2 Å². The van der Waals surface area contributed by atoms with Crippen LogP contribution in [0, 0.1) is 23.7 Å². The highest BCUT2D eigenvalue weighted by Crippen LogP contribution is 2.39. The summed E-state index contributed by atoms with van der Waals surface area (Å²) in [5, 5.41) is 12.1. The molecule has 0 saturated carbocycles. The molecule has 0 saturated heterocycles. The third kappa shape index (κ3) is 5.18. The topological polar surface area (TPSA) is 73.1 Å². The van der Waals surface area contributed by atoms with Crippen molar-refractivity contribution in [2.24, 2.45) is 23.7 Å². The number of anilines is 1. The first-order chi connectivity index (χ1) is 15.5. The van der Waals surface area contributed by atoms with Crippen molar-refractivity contribution in [1.82, 2.24) is 15.2 Å². The first-order valence-corrected chi connectivity index (χ1v) is 11.3. The van der Waals surface area contributed by atoms with Crippen LogP contribution in [0.1, 0.15) is 33.1 Å². The van der Waals surface area contributed by atoms with Crippen molar-refractivity contribution in [1.29, 1.82) is 0 Å². The van der Waals surface area contributed by atoms with E-state index >= 15 is 0 Å². The van der Waals surface area contributed by atoms with E-state index in [2.05, 4.69) is 47.3 Å². The fourth-order valence-electron chi connectivity index (χ4n) is 4.59. The maximum absolute atomic E-state index is 6.01. The third-order valence-electron chi connectivity index (χ3n) is 6.49. The Morgan fingerprint density at radius 1 is 1.12 bits per heavy atom. The van der Waals surface area contributed by atoms with Gasteiger partial charge >= 0.3 is 0 Å². The first-order valence-electron chi connectivity index (χ1n) is 11.3. The van der Waals surface area contributed by atoms with E-state index in [1.165, 1.54) is 5.57 Å². The minimum absolute atomic E-state index is 0.415. The molecular weight excluding hydrogens is 400 g/mol. The summed E-state index contributed by atoms with van der Waals surface area (Å²) in [4.78, 5) is 4.39. The lowest BCUT2D eigenvalue weighted by atomic mass is 9.70. The zero-order valence-electron chi connectivity index (χ0n) is 19.3. The van der Waals surface area contributed by atoms with Crippen LogP contribution < -0.4 is 10.1 Å². The number of hydrogen-bond donors (Lipinski definition) is 1. The summed E-state index contributed by atoms with van der Waals surface area (Å²) >= 11 is 0. The summed E-state index contributed by atoms with van der Waals surface area (Å²) in [5.41, 5.74) is 2.31. The number of nitrogens with one attached hydrogen (secondary N) is 1. The molecule has 32 heavy (non-hydrogen) atoms. The highest BCUT2D eigenvalue weighted by molar-refractivity contribution is 5.53. The largest absolute Gasteiger partial charge is 0.497 e. The Kier molecular flexibility index (Phi) is 6.88. The maximum atomic E-state index is 6.01. The fraction of sp³-hybridized carbons (Fsp3) is 0.423. The number of benzene rings is 1. The van der Waals surface area contributed by atoms with Crippen LogP contribution in [0.3, 0.4) is 0 Å². The number of ether oxygens (including phenoxy) is 1. The molecular formula is C26H32N4O2. The Hall–Kier alpha value is -3.15. The van der Waals surface area contributed by atoms with E-state index in [0.29, 0.717) is 35.5 Å².